The Balaban J connectivity index is 3.79. The third-order valence-corrected chi connectivity index (χ3v) is 3.24. The van der Waals surface area contributed by atoms with Gasteiger partial charge in [-0.3, -0.25) is 0 Å². The number of carboxylic acids is 1. The molecule has 1 rings (SSSR count). The van der Waals surface area contributed by atoms with Crippen LogP contribution < -0.4 is 0 Å². The van der Waals surface area contributed by atoms with Gasteiger partial charge in [-0.2, -0.15) is 12.6 Å². The van der Waals surface area contributed by atoms with Gasteiger partial charge in [0.15, 0.2) is 0 Å². The molecule has 3 heteroatoms. The van der Waals surface area contributed by atoms with Gasteiger partial charge in [0, 0.05) is 11.3 Å². The summed E-state index contributed by atoms with van der Waals surface area (Å²) in [5.41, 5.74) is 4.28. The van der Waals surface area contributed by atoms with Crippen LogP contribution in [0.5, 0.6) is 0 Å². The van der Waals surface area contributed by atoms with E-state index in [0.29, 0.717) is 22.4 Å². The van der Waals surface area contributed by atoms with Crippen LogP contribution in [0.4, 0.5) is 0 Å². The zero-order valence-corrected chi connectivity index (χ0v) is 10.5. The first-order chi connectivity index (χ1) is 7.45. The molecule has 0 unspecified atom stereocenters. The Labute approximate surface area is 101 Å². The van der Waals surface area contributed by atoms with E-state index in [1.165, 1.54) is 0 Å². The summed E-state index contributed by atoms with van der Waals surface area (Å²) in [6.07, 6.45) is 5.43. The second-order valence-corrected chi connectivity index (χ2v) is 4.03. The van der Waals surface area contributed by atoms with Crippen LogP contribution in [0.25, 0.3) is 0 Å². The standard InChI is InChI=1S/C13H14O2S/c1-5-10-7(2)11(6-16)9(4)12(8(10)3)13(14)15/h1,16H,6H2,2-4H3,(H,14,15). The summed E-state index contributed by atoms with van der Waals surface area (Å²) in [5.74, 6) is 2.12. The van der Waals surface area contributed by atoms with Gasteiger partial charge in [-0.15, -0.1) is 6.42 Å². The molecular weight excluding hydrogens is 220 g/mol. The minimum absolute atomic E-state index is 0.308. The topological polar surface area (TPSA) is 37.3 Å². The summed E-state index contributed by atoms with van der Waals surface area (Å²) in [6.45, 7) is 5.46. The SMILES string of the molecule is C#Cc1c(C)c(CS)c(C)c(C(=O)O)c1C. The molecule has 16 heavy (non-hydrogen) atoms. The van der Waals surface area contributed by atoms with Crippen LogP contribution in [-0.4, -0.2) is 11.1 Å². The zero-order chi connectivity index (χ0) is 12.5. The van der Waals surface area contributed by atoms with E-state index in [4.69, 9.17) is 6.42 Å². The Morgan fingerprint density at radius 1 is 1.31 bits per heavy atom. The summed E-state index contributed by atoms with van der Waals surface area (Å²) in [6, 6.07) is 0. The Hall–Kier alpha value is -1.40. The lowest BCUT2D eigenvalue weighted by atomic mass is 9.89. The minimum atomic E-state index is -0.936. The maximum absolute atomic E-state index is 11.2. The van der Waals surface area contributed by atoms with Gasteiger partial charge < -0.3 is 5.11 Å². The third kappa shape index (κ3) is 1.81. The molecule has 0 aliphatic rings. The van der Waals surface area contributed by atoms with Crippen molar-refractivity contribution in [2.75, 3.05) is 0 Å². The van der Waals surface area contributed by atoms with E-state index in [-0.39, 0.29) is 0 Å². The highest BCUT2D eigenvalue weighted by Gasteiger charge is 2.19. The van der Waals surface area contributed by atoms with Gasteiger partial charge in [0.2, 0.25) is 0 Å². The Kier molecular flexibility index (Phi) is 3.66. The molecule has 0 aliphatic heterocycles. The average Bonchev–Trinajstić information content (AvgIpc) is 2.18. The van der Waals surface area contributed by atoms with Gasteiger partial charge in [0.05, 0.1) is 5.56 Å². The van der Waals surface area contributed by atoms with Crippen LogP contribution in [0.2, 0.25) is 0 Å². The van der Waals surface area contributed by atoms with E-state index in [0.717, 1.165) is 16.7 Å². The smallest absolute Gasteiger partial charge is 0.336 e. The first-order valence-electron chi connectivity index (χ1n) is 4.89. The van der Waals surface area contributed by atoms with Crippen molar-refractivity contribution >= 4 is 18.6 Å². The fraction of sp³-hybridized carbons (Fsp3) is 0.308. The number of thiol groups is 1. The second-order valence-electron chi connectivity index (χ2n) is 3.71. The molecule has 2 nitrogen and oxygen atoms in total. The number of hydrogen-bond acceptors (Lipinski definition) is 2. The lowest BCUT2D eigenvalue weighted by molar-refractivity contribution is 0.0695. The number of rotatable bonds is 2. The second kappa shape index (κ2) is 4.63. The molecule has 0 aromatic heterocycles. The molecular formula is C13H14O2S. The number of benzene rings is 1. The maximum Gasteiger partial charge on any atom is 0.336 e. The molecule has 0 heterocycles. The molecule has 0 saturated heterocycles. The normalized spacial score (nSPS) is 9.94. The molecule has 1 aromatic carbocycles. The highest BCUT2D eigenvalue weighted by Crippen LogP contribution is 2.27. The van der Waals surface area contributed by atoms with Crippen molar-refractivity contribution in [1.82, 2.24) is 0 Å². The summed E-state index contributed by atoms with van der Waals surface area (Å²) < 4.78 is 0. The van der Waals surface area contributed by atoms with E-state index in [9.17, 15) is 9.90 Å². The Bertz CT molecular complexity index is 496. The van der Waals surface area contributed by atoms with E-state index < -0.39 is 5.97 Å². The molecule has 0 aliphatic carbocycles. The van der Waals surface area contributed by atoms with Crippen molar-refractivity contribution in [2.24, 2.45) is 0 Å². The van der Waals surface area contributed by atoms with E-state index in [1.807, 2.05) is 6.92 Å². The predicted molar refractivity (Wildman–Crippen MR) is 68.2 cm³/mol. The minimum Gasteiger partial charge on any atom is -0.478 e. The fourth-order valence-electron chi connectivity index (χ4n) is 2.05. The van der Waals surface area contributed by atoms with E-state index in [1.54, 1.807) is 13.8 Å². The van der Waals surface area contributed by atoms with Crippen molar-refractivity contribution in [2.45, 2.75) is 26.5 Å². The molecule has 0 fully saturated rings. The summed E-state index contributed by atoms with van der Waals surface area (Å²) >= 11 is 4.22. The van der Waals surface area contributed by atoms with Gasteiger partial charge in [0.25, 0.3) is 0 Å². The van der Waals surface area contributed by atoms with Crippen LogP contribution in [0.3, 0.4) is 0 Å². The third-order valence-electron chi connectivity index (χ3n) is 2.92. The lowest BCUT2D eigenvalue weighted by Gasteiger charge is -2.16. The largest absolute Gasteiger partial charge is 0.478 e. The van der Waals surface area contributed by atoms with Gasteiger partial charge in [-0.1, -0.05) is 5.92 Å². The van der Waals surface area contributed by atoms with Crippen molar-refractivity contribution in [1.29, 1.82) is 0 Å². The molecule has 1 N–H and O–H groups in total. The Morgan fingerprint density at radius 2 is 1.88 bits per heavy atom. The van der Waals surface area contributed by atoms with Crippen LogP contribution in [0, 0.1) is 33.1 Å². The molecule has 0 spiro atoms. The van der Waals surface area contributed by atoms with Crippen molar-refractivity contribution in [3.05, 3.63) is 33.4 Å². The fourth-order valence-corrected chi connectivity index (χ4v) is 2.52. The number of aromatic carboxylic acids is 1. The van der Waals surface area contributed by atoms with Gasteiger partial charge in [0.1, 0.15) is 0 Å². The number of hydrogen-bond donors (Lipinski definition) is 2. The number of terminal acetylenes is 1. The monoisotopic (exact) mass is 234 g/mol. The van der Waals surface area contributed by atoms with Crippen molar-refractivity contribution < 1.29 is 9.90 Å². The van der Waals surface area contributed by atoms with E-state index >= 15 is 0 Å². The molecule has 0 saturated carbocycles. The summed E-state index contributed by atoms with van der Waals surface area (Å²) in [5, 5.41) is 9.18. The number of carboxylic acid groups (broad SMARTS) is 1. The summed E-state index contributed by atoms with van der Waals surface area (Å²) in [4.78, 5) is 11.2. The molecule has 0 radical (unpaired) electrons. The maximum atomic E-state index is 11.2. The lowest BCUT2D eigenvalue weighted by Crippen LogP contribution is -2.09. The van der Waals surface area contributed by atoms with Gasteiger partial charge >= 0.3 is 5.97 Å². The van der Waals surface area contributed by atoms with Gasteiger partial charge in [-0.25, -0.2) is 4.79 Å². The average molecular weight is 234 g/mol. The van der Waals surface area contributed by atoms with Crippen LogP contribution in [-0.2, 0) is 5.75 Å². The Morgan fingerprint density at radius 3 is 2.25 bits per heavy atom. The van der Waals surface area contributed by atoms with Crippen LogP contribution in [0.1, 0.15) is 38.2 Å². The van der Waals surface area contributed by atoms with Crippen molar-refractivity contribution in [3.63, 3.8) is 0 Å². The number of carbonyl (C=O) groups is 1. The highest BCUT2D eigenvalue weighted by atomic mass is 32.1. The van der Waals surface area contributed by atoms with Crippen LogP contribution >= 0.6 is 12.6 Å². The predicted octanol–water partition coefficient (Wildman–Crippen LogP) is 2.72. The molecule has 84 valence electrons. The summed E-state index contributed by atoms with van der Waals surface area (Å²) in [7, 11) is 0. The molecule has 0 bridgehead atoms. The highest BCUT2D eigenvalue weighted by molar-refractivity contribution is 7.79. The van der Waals surface area contributed by atoms with E-state index in [2.05, 4.69) is 18.5 Å². The quantitative estimate of drug-likeness (QED) is 0.610. The molecule has 0 atom stereocenters. The molecule has 0 amide bonds. The van der Waals surface area contributed by atoms with Crippen LogP contribution in [0.15, 0.2) is 0 Å². The zero-order valence-electron chi connectivity index (χ0n) is 9.59. The van der Waals surface area contributed by atoms with Crippen molar-refractivity contribution in [3.8, 4) is 12.3 Å². The molecule has 1 aromatic rings. The van der Waals surface area contributed by atoms with Gasteiger partial charge in [-0.05, 0) is 43.0 Å². The first kappa shape index (κ1) is 12.7. The first-order valence-corrected chi connectivity index (χ1v) is 5.52.